The highest BCUT2D eigenvalue weighted by Gasteiger charge is 2.37. The average Bonchev–Trinajstić information content (AvgIpc) is 2.87. The van der Waals surface area contributed by atoms with E-state index in [1.54, 1.807) is 30.0 Å². The first-order valence-electron chi connectivity index (χ1n) is 8.85. The zero-order valence-corrected chi connectivity index (χ0v) is 17.9. The van der Waals surface area contributed by atoms with Gasteiger partial charge in [0.1, 0.15) is 0 Å². The number of aromatic nitrogens is 3. The van der Waals surface area contributed by atoms with E-state index in [9.17, 15) is 4.79 Å². The number of ether oxygens (including phenoxy) is 1. The molecule has 2 heterocycles. The van der Waals surface area contributed by atoms with Crippen molar-refractivity contribution in [3.05, 3.63) is 58.1 Å². The number of benzene rings is 2. The third-order valence-corrected chi connectivity index (χ3v) is 5.71. The van der Waals surface area contributed by atoms with Gasteiger partial charge in [-0.3, -0.25) is 9.69 Å². The van der Waals surface area contributed by atoms with Gasteiger partial charge < -0.3 is 4.74 Å². The number of fused-ring (bicyclic) bond motifs is 3. The van der Waals surface area contributed by atoms with E-state index in [1.165, 1.54) is 11.8 Å². The quantitative estimate of drug-likeness (QED) is 0.501. The number of rotatable bonds is 3. The summed E-state index contributed by atoms with van der Waals surface area (Å²) in [5.74, 6) is 0.119. The van der Waals surface area contributed by atoms with E-state index in [4.69, 9.17) is 27.9 Å². The van der Waals surface area contributed by atoms with Crippen molar-refractivity contribution in [3.63, 3.8) is 0 Å². The second kappa shape index (κ2) is 8.18. The number of nitrogens with zero attached hydrogens (tertiary/aromatic N) is 4. The predicted octanol–water partition coefficient (Wildman–Crippen LogP) is 5.40. The van der Waals surface area contributed by atoms with Crippen LogP contribution in [0.5, 0.6) is 5.88 Å². The Balaban J connectivity index is 2.03. The Hall–Kier alpha value is -2.35. The van der Waals surface area contributed by atoms with Crippen molar-refractivity contribution in [1.82, 2.24) is 15.2 Å². The molecule has 0 aliphatic carbocycles. The molecule has 0 saturated carbocycles. The highest BCUT2D eigenvalue weighted by molar-refractivity contribution is 7.98. The zero-order chi connectivity index (χ0) is 20.5. The molecule has 0 radical (unpaired) electrons. The third-order valence-electron chi connectivity index (χ3n) is 4.51. The molecule has 0 fully saturated rings. The molecule has 0 saturated heterocycles. The van der Waals surface area contributed by atoms with Crippen molar-refractivity contribution in [1.29, 1.82) is 0 Å². The van der Waals surface area contributed by atoms with Gasteiger partial charge in [0.2, 0.25) is 23.2 Å². The minimum atomic E-state index is -0.905. The lowest BCUT2D eigenvalue weighted by atomic mass is 10.1. The summed E-state index contributed by atoms with van der Waals surface area (Å²) >= 11 is 14.3. The van der Waals surface area contributed by atoms with Crippen LogP contribution in [0.2, 0.25) is 10.0 Å². The minimum Gasteiger partial charge on any atom is -0.447 e. The topological polar surface area (TPSA) is 68.2 Å². The number of thioether (sulfide) groups is 1. The maximum Gasteiger partial charge on any atom is 0.247 e. The Morgan fingerprint density at radius 2 is 1.86 bits per heavy atom. The number of amides is 1. The molecule has 0 bridgehead atoms. The normalized spacial score (nSPS) is 15.2. The number of halogens is 2. The van der Waals surface area contributed by atoms with Gasteiger partial charge in [-0.25, -0.2) is 0 Å². The van der Waals surface area contributed by atoms with E-state index in [0.717, 1.165) is 0 Å². The molecule has 148 valence electrons. The number of hydrogen-bond acceptors (Lipinski definition) is 6. The first-order valence-corrected chi connectivity index (χ1v) is 10.8. The van der Waals surface area contributed by atoms with Gasteiger partial charge in [-0.15, -0.1) is 10.2 Å². The van der Waals surface area contributed by atoms with Crippen molar-refractivity contribution in [3.8, 4) is 17.1 Å². The van der Waals surface area contributed by atoms with E-state index in [0.29, 0.717) is 37.7 Å². The molecule has 1 aromatic heterocycles. The largest absolute Gasteiger partial charge is 0.447 e. The van der Waals surface area contributed by atoms with Crippen molar-refractivity contribution >= 4 is 46.6 Å². The van der Waals surface area contributed by atoms with Crippen LogP contribution in [0, 0.1) is 0 Å². The fraction of sp³-hybridized carbons (Fsp3) is 0.200. The van der Waals surface area contributed by atoms with Gasteiger partial charge >= 0.3 is 0 Å². The summed E-state index contributed by atoms with van der Waals surface area (Å²) in [5.41, 5.74) is 2.28. The van der Waals surface area contributed by atoms with E-state index in [-0.39, 0.29) is 18.2 Å². The van der Waals surface area contributed by atoms with Crippen LogP contribution in [0.15, 0.2) is 47.6 Å². The maximum atomic E-state index is 13.1. The first kappa shape index (κ1) is 19.9. The van der Waals surface area contributed by atoms with E-state index < -0.39 is 6.23 Å². The van der Waals surface area contributed by atoms with Crippen molar-refractivity contribution < 1.29 is 9.53 Å². The second-order valence-corrected chi connectivity index (χ2v) is 7.78. The van der Waals surface area contributed by atoms with Gasteiger partial charge in [0.15, 0.2) is 5.69 Å². The molecule has 0 N–H and O–H groups in total. The predicted molar refractivity (Wildman–Crippen MR) is 115 cm³/mol. The summed E-state index contributed by atoms with van der Waals surface area (Å²) in [6.07, 6.45) is 1.21. The molecular formula is C20H16Cl2N4O2S. The van der Waals surface area contributed by atoms with E-state index in [1.807, 2.05) is 30.5 Å². The molecule has 29 heavy (non-hydrogen) atoms. The highest BCUT2D eigenvalue weighted by Crippen LogP contribution is 2.45. The summed E-state index contributed by atoms with van der Waals surface area (Å²) in [4.78, 5) is 19.1. The smallest absolute Gasteiger partial charge is 0.247 e. The summed E-state index contributed by atoms with van der Waals surface area (Å²) < 4.78 is 6.27. The molecular weight excluding hydrogens is 431 g/mol. The molecule has 9 heteroatoms. The summed E-state index contributed by atoms with van der Waals surface area (Å²) in [6.45, 7) is 1.79. The van der Waals surface area contributed by atoms with Crippen molar-refractivity contribution in [2.45, 2.75) is 24.7 Å². The Kier molecular flexibility index (Phi) is 5.63. The lowest BCUT2D eigenvalue weighted by Crippen LogP contribution is -2.37. The van der Waals surface area contributed by atoms with Gasteiger partial charge in [0.25, 0.3) is 0 Å². The Labute approximate surface area is 182 Å². The fourth-order valence-electron chi connectivity index (χ4n) is 3.17. The van der Waals surface area contributed by atoms with Crippen LogP contribution in [0.4, 0.5) is 5.69 Å². The van der Waals surface area contributed by atoms with Gasteiger partial charge in [-0.2, -0.15) is 4.98 Å². The number of carbonyl (C=O) groups excluding carboxylic acids is 1. The highest BCUT2D eigenvalue weighted by atomic mass is 35.5. The molecule has 6 nitrogen and oxygen atoms in total. The molecule has 1 aliphatic heterocycles. The number of anilines is 1. The van der Waals surface area contributed by atoms with Crippen LogP contribution in [-0.2, 0) is 4.79 Å². The van der Waals surface area contributed by atoms with E-state index in [2.05, 4.69) is 15.2 Å². The first-order chi connectivity index (χ1) is 14.0. The standard InChI is InChI=1S/C20H16Cl2N4O2S/c1-3-15(27)26-14-10-5-4-7-11(14)17-18(23-20(29-2)25-24-17)28-19(26)16-12(21)8-6-9-13(16)22/h4-10,19H,3H2,1-2H3/t19-/m0/s1. The number of para-hydroxylation sites is 1. The Morgan fingerprint density at radius 3 is 2.55 bits per heavy atom. The molecule has 3 aromatic rings. The number of hydrogen-bond donors (Lipinski definition) is 0. The number of carbonyl (C=O) groups is 1. The van der Waals surface area contributed by atoms with Crippen molar-refractivity contribution in [2.75, 3.05) is 11.2 Å². The molecule has 0 unspecified atom stereocenters. The van der Waals surface area contributed by atoms with Crippen LogP contribution < -0.4 is 9.64 Å². The minimum absolute atomic E-state index is 0.149. The maximum absolute atomic E-state index is 13.1. The summed E-state index contributed by atoms with van der Waals surface area (Å²) in [6, 6.07) is 12.6. The Morgan fingerprint density at radius 1 is 1.14 bits per heavy atom. The van der Waals surface area contributed by atoms with Gasteiger partial charge in [-0.1, -0.05) is 66.2 Å². The summed E-state index contributed by atoms with van der Waals surface area (Å²) in [7, 11) is 0. The lowest BCUT2D eigenvalue weighted by molar-refractivity contribution is -0.120. The molecule has 1 amide bonds. The summed E-state index contributed by atoms with van der Waals surface area (Å²) in [5, 5.41) is 9.71. The average molecular weight is 447 g/mol. The van der Waals surface area contributed by atoms with E-state index >= 15 is 0 Å². The molecule has 4 rings (SSSR count). The van der Waals surface area contributed by atoms with Crippen molar-refractivity contribution in [2.24, 2.45) is 0 Å². The van der Waals surface area contributed by atoms with Crippen LogP contribution in [-0.4, -0.2) is 27.3 Å². The molecule has 2 aromatic carbocycles. The van der Waals surface area contributed by atoms with Gasteiger partial charge in [0.05, 0.1) is 21.3 Å². The van der Waals surface area contributed by atoms with Gasteiger partial charge in [-0.05, 0) is 24.5 Å². The van der Waals surface area contributed by atoms with Crippen LogP contribution >= 0.6 is 35.0 Å². The fourth-order valence-corrected chi connectivity index (χ4v) is 4.06. The Bertz CT molecular complexity index is 1080. The SMILES string of the molecule is CCC(=O)N1c2ccccc2-c2nnc(SC)nc2O[C@H]1c1c(Cl)cccc1Cl. The van der Waals surface area contributed by atoms with Crippen LogP contribution in [0.3, 0.4) is 0 Å². The third kappa shape index (κ3) is 3.54. The molecule has 0 spiro atoms. The molecule has 1 aliphatic rings. The zero-order valence-electron chi connectivity index (χ0n) is 15.6. The van der Waals surface area contributed by atoms with Crippen LogP contribution in [0.1, 0.15) is 25.1 Å². The van der Waals surface area contributed by atoms with Gasteiger partial charge in [0, 0.05) is 12.0 Å². The monoisotopic (exact) mass is 446 g/mol. The lowest BCUT2D eigenvalue weighted by Gasteiger charge is -2.31. The van der Waals surface area contributed by atoms with Crippen LogP contribution in [0.25, 0.3) is 11.3 Å². The second-order valence-electron chi connectivity index (χ2n) is 6.19. The molecule has 1 atom stereocenters.